The van der Waals surface area contributed by atoms with E-state index in [2.05, 4.69) is 6.07 Å². The summed E-state index contributed by atoms with van der Waals surface area (Å²) >= 11 is 0. The largest absolute Gasteiger partial charge is 0.508 e. The summed E-state index contributed by atoms with van der Waals surface area (Å²) in [5, 5.41) is 9.62. The van der Waals surface area contributed by atoms with Gasteiger partial charge in [-0.05, 0) is 42.9 Å². The molecule has 17 heavy (non-hydrogen) atoms. The Morgan fingerprint density at radius 2 is 2.06 bits per heavy atom. The number of aldehydes is 1. The van der Waals surface area contributed by atoms with Crippen molar-refractivity contribution in [3.63, 3.8) is 0 Å². The summed E-state index contributed by atoms with van der Waals surface area (Å²) in [7, 11) is 0. The average Bonchev–Trinajstić information content (AvgIpc) is 2.83. The van der Waals surface area contributed by atoms with Gasteiger partial charge in [-0.2, -0.15) is 0 Å². The Bertz CT molecular complexity index is 434. The SMILES string of the molecule is O=CC1CC1(c1cccc(O)c1)C1CCCC1. The van der Waals surface area contributed by atoms with Crippen molar-refractivity contribution in [2.24, 2.45) is 11.8 Å². The lowest BCUT2D eigenvalue weighted by atomic mass is 9.79. The number of aromatic hydroxyl groups is 1. The van der Waals surface area contributed by atoms with E-state index in [1.807, 2.05) is 12.1 Å². The standard InChI is InChI=1S/C15H18O2/c16-10-13-9-15(13,11-4-1-2-5-11)12-6-3-7-14(17)8-12/h3,6-8,10-11,13,17H,1-2,4-5,9H2. The molecule has 2 heteroatoms. The molecule has 2 aliphatic rings. The molecule has 3 rings (SSSR count). The number of benzene rings is 1. The van der Waals surface area contributed by atoms with Crippen LogP contribution in [0.15, 0.2) is 24.3 Å². The molecule has 1 aromatic rings. The molecule has 2 saturated carbocycles. The molecular weight excluding hydrogens is 212 g/mol. The summed E-state index contributed by atoms with van der Waals surface area (Å²) in [6.45, 7) is 0. The quantitative estimate of drug-likeness (QED) is 0.810. The van der Waals surface area contributed by atoms with Crippen molar-refractivity contribution in [2.45, 2.75) is 37.5 Å². The van der Waals surface area contributed by atoms with Gasteiger partial charge in [-0.1, -0.05) is 25.0 Å². The van der Waals surface area contributed by atoms with Crippen LogP contribution < -0.4 is 0 Å². The molecule has 0 bridgehead atoms. The molecule has 0 aliphatic heterocycles. The Balaban J connectivity index is 1.98. The molecule has 2 unspecified atom stereocenters. The lowest BCUT2D eigenvalue weighted by Crippen LogP contribution is -2.21. The second-order valence-electron chi connectivity index (χ2n) is 5.52. The molecular formula is C15H18O2. The van der Waals surface area contributed by atoms with Crippen LogP contribution in [-0.2, 0) is 10.2 Å². The maximum Gasteiger partial charge on any atom is 0.124 e. The van der Waals surface area contributed by atoms with Crippen LogP contribution in [0.25, 0.3) is 0 Å². The van der Waals surface area contributed by atoms with Crippen LogP contribution in [0.4, 0.5) is 0 Å². The summed E-state index contributed by atoms with van der Waals surface area (Å²) in [4.78, 5) is 11.1. The van der Waals surface area contributed by atoms with Gasteiger partial charge in [0.2, 0.25) is 0 Å². The molecule has 0 spiro atoms. The van der Waals surface area contributed by atoms with Gasteiger partial charge >= 0.3 is 0 Å². The van der Waals surface area contributed by atoms with Crippen molar-refractivity contribution in [1.29, 1.82) is 0 Å². The minimum atomic E-state index is 0.0526. The van der Waals surface area contributed by atoms with Gasteiger partial charge in [-0.3, -0.25) is 0 Å². The van der Waals surface area contributed by atoms with E-state index < -0.39 is 0 Å². The third kappa shape index (κ3) is 1.58. The summed E-state index contributed by atoms with van der Waals surface area (Å²) in [5.41, 5.74) is 1.22. The van der Waals surface area contributed by atoms with E-state index in [1.165, 1.54) is 31.2 Å². The highest BCUT2D eigenvalue weighted by molar-refractivity contribution is 5.65. The summed E-state index contributed by atoms with van der Waals surface area (Å²) in [5.74, 6) is 1.13. The van der Waals surface area contributed by atoms with Crippen LogP contribution in [0.5, 0.6) is 5.75 Å². The van der Waals surface area contributed by atoms with Crippen LogP contribution in [0.1, 0.15) is 37.7 Å². The Kier molecular flexibility index (Phi) is 2.46. The number of phenolic OH excluding ortho intramolecular Hbond substituents is 1. The molecule has 1 N–H and O–H groups in total. The first-order chi connectivity index (χ1) is 8.27. The van der Waals surface area contributed by atoms with Gasteiger partial charge in [0, 0.05) is 11.3 Å². The molecule has 2 atom stereocenters. The Morgan fingerprint density at radius 3 is 2.65 bits per heavy atom. The summed E-state index contributed by atoms with van der Waals surface area (Å²) < 4.78 is 0. The minimum Gasteiger partial charge on any atom is -0.508 e. The molecule has 0 amide bonds. The summed E-state index contributed by atoms with van der Waals surface area (Å²) in [6.07, 6.45) is 7.14. The van der Waals surface area contributed by atoms with E-state index in [1.54, 1.807) is 6.07 Å². The number of hydrogen-bond acceptors (Lipinski definition) is 2. The van der Waals surface area contributed by atoms with Crippen molar-refractivity contribution in [3.05, 3.63) is 29.8 Å². The van der Waals surface area contributed by atoms with E-state index in [0.717, 1.165) is 12.7 Å². The Labute approximate surface area is 102 Å². The second kappa shape index (κ2) is 3.86. The van der Waals surface area contributed by atoms with Crippen LogP contribution in [-0.4, -0.2) is 11.4 Å². The highest BCUT2D eigenvalue weighted by atomic mass is 16.3. The fourth-order valence-electron chi connectivity index (χ4n) is 3.75. The zero-order chi connectivity index (χ0) is 11.9. The molecule has 2 fully saturated rings. The van der Waals surface area contributed by atoms with Crippen molar-refractivity contribution in [2.75, 3.05) is 0 Å². The summed E-state index contributed by atoms with van der Waals surface area (Å²) in [6, 6.07) is 7.51. The first kappa shape index (κ1) is 10.8. The van der Waals surface area contributed by atoms with Gasteiger partial charge in [-0.15, -0.1) is 0 Å². The van der Waals surface area contributed by atoms with E-state index >= 15 is 0 Å². The van der Waals surface area contributed by atoms with E-state index in [4.69, 9.17) is 0 Å². The van der Waals surface area contributed by atoms with Crippen LogP contribution in [0.2, 0.25) is 0 Å². The monoisotopic (exact) mass is 230 g/mol. The normalized spacial score (nSPS) is 32.6. The minimum absolute atomic E-state index is 0.0526. The van der Waals surface area contributed by atoms with E-state index in [0.29, 0.717) is 11.7 Å². The Hall–Kier alpha value is -1.31. The second-order valence-corrected chi connectivity index (χ2v) is 5.52. The van der Waals surface area contributed by atoms with E-state index in [-0.39, 0.29) is 11.3 Å². The lowest BCUT2D eigenvalue weighted by molar-refractivity contribution is -0.109. The third-order valence-electron chi connectivity index (χ3n) is 4.69. The van der Waals surface area contributed by atoms with Gasteiger partial charge < -0.3 is 9.90 Å². The fraction of sp³-hybridized carbons (Fsp3) is 0.533. The number of hydrogen-bond donors (Lipinski definition) is 1. The molecule has 0 radical (unpaired) electrons. The zero-order valence-corrected chi connectivity index (χ0v) is 9.93. The van der Waals surface area contributed by atoms with Crippen LogP contribution >= 0.6 is 0 Å². The molecule has 2 aliphatic carbocycles. The first-order valence-corrected chi connectivity index (χ1v) is 6.52. The van der Waals surface area contributed by atoms with Crippen LogP contribution in [0.3, 0.4) is 0 Å². The zero-order valence-electron chi connectivity index (χ0n) is 9.93. The van der Waals surface area contributed by atoms with Gasteiger partial charge in [-0.25, -0.2) is 0 Å². The maximum absolute atomic E-state index is 11.1. The van der Waals surface area contributed by atoms with Crippen molar-refractivity contribution >= 4 is 6.29 Å². The molecule has 90 valence electrons. The lowest BCUT2D eigenvalue weighted by Gasteiger charge is -2.24. The number of carbonyl (C=O) groups excluding carboxylic acids is 1. The molecule has 0 heterocycles. The predicted octanol–water partition coefficient (Wildman–Crippen LogP) is 3.04. The molecule has 0 saturated heterocycles. The fourth-order valence-corrected chi connectivity index (χ4v) is 3.75. The van der Waals surface area contributed by atoms with Gasteiger partial charge in [0.1, 0.15) is 12.0 Å². The predicted molar refractivity (Wildman–Crippen MR) is 65.9 cm³/mol. The average molecular weight is 230 g/mol. The van der Waals surface area contributed by atoms with Gasteiger partial charge in [0.15, 0.2) is 0 Å². The number of carbonyl (C=O) groups is 1. The topological polar surface area (TPSA) is 37.3 Å². The smallest absolute Gasteiger partial charge is 0.124 e. The van der Waals surface area contributed by atoms with Crippen molar-refractivity contribution in [3.8, 4) is 5.75 Å². The first-order valence-electron chi connectivity index (χ1n) is 6.52. The highest BCUT2D eigenvalue weighted by Crippen LogP contribution is 2.62. The third-order valence-corrected chi connectivity index (χ3v) is 4.69. The molecule has 2 nitrogen and oxygen atoms in total. The van der Waals surface area contributed by atoms with E-state index in [9.17, 15) is 9.90 Å². The maximum atomic E-state index is 11.1. The van der Waals surface area contributed by atoms with Crippen LogP contribution in [0, 0.1) is 11.8 Å². The Morgan fingerprint density at radius 1 is 1.29 bits per heavy atom. The van der Waals surface area contributed by atoms with Crippen molar-refractivity contribution < 1.29 is 9.90 Å². The molecule has 1 aromatic carbocycles. The number of phenols is 1. The van der Waals surface area contributed by atoms with Gasteiger partial charge in [0.25, 0.3) is 0 Å². The molecule has 0 aromatic heterocycles. The highest BCUT2D eigenvalue weighted by Gasteiger charge is 2.59. The van der Waals surface area contributed by atoms with Gasteiger partial charge in [0.05, 0.1) is 0 Å². The number of rotatable bonds is 3. The van der Waals surface area contributed by atoms with Crippen molar-refractivity contribution in [1.82, 2.24) is 0 Å².